The summed E-state index contributed by atoms with van der Waals surface area (Å²) in [6.07, 6.45) is 7.02. The molecule has 2 aliphatic rings. The van der Waals surface area contributed by atoms with Gasteiger partial charge in [-0.1, -0.05) is 6.92 Å². The van der Waals surface area contributed by atoms with Gasteiger partial charge < -0.3 is 5.32 Å². The van der Waals surface area contributed by atoms with E-state index in [2.05, 4.69) is 27.2 Å². The molecule has 5 heteroatoms. The molecule has 1 saturated heterocycles. The van der Waals surface area contributed by atoms with Crippen LogP contribution in [0.1, 0.15) is 42.9 Å². The number of fused-ring (bicyclic) bond motifs is 4. The van der Waals surface area contributed by atoms with Crippen LogP contribution in [0.2, 0.25) is 0 Å². The summed E-state index contributed by atoms with van der Waals surface area (Å²) in [5.74, 6) is 2.13. The van der Waals surface area contributed by atoms with E-state index >= 15 is 0 Å². The molecule has 2 bridgehead atoms. The number of nitrogens with zero attached hydrogens (tertiary/aromatic N) is 4. The molecule has 21 heavy (non-hydrogen) atoms. The van der Waals surface area contributed by atoms with Crippen LogP contribution in [0.5, 0.6) is 0 Å². The number of piperidine rings is 1. The maximum absolute atomic E-state index is 4.74. The van der Waals surface area contributed by atoms with E-state index in [1.54, 1.807) is 12.4 Å². The van der Waals surface area contributed by atoms with Crippen molar-refractivity contribution in [1.82, 2.24) is 25.3 Å². The molecule has 2 aromatic rings. The summed E-state index contributed by atoms with van der Waals surface area (Å²) in [5.41, 5.74) is 3.32. The zero-order valence-corrected chi connectivity index (χ0v) is 12.4. The maximum Gasteiger partial charge on any atom is 0.178 e. The highest BCUT2D eigenvalue weighted by Crippen LogP contribution is 2.39. The number of hydrogen-bond acceptors (Lipinski definition) is 5. The molecule has 4 rings (SSSR count). The molecule has 4 heterocycles. The zero-order valence-electron chi connectivity index (χ0n) is 12.4. The molecule has 0 saturated carbocycles. The van der Waals surface area contributed by atoms with Crippen LogP contribution in [0.15, 0.2) is 18.5 Å². The van der Waals surface area contributed by atoms with Gasteiger partial charge in [0.2, 0.25) is 0 Å². The third-order valence-electron chi connectivity index (χ3n) is 4.63. The maximum atomic E-state index is 4.74. The Morgan fingerprint density at radius 2 is 1.95 bits per heavy atom. The minimum atomic E-state index is 0.344. The lowest BCUT2D eigenvalue weighted by Gasteiger charge is -2.41. The molecule has 108 valence electrons. The summed E-state index contributed by atoms with van der Waals surface area (Å²) in [4.78, 5) is 18.2. The monoisotopic (exact) mass is 281 g/mol. The molecule has 3 atom stereocenters. The van der Waals surface area contributed by atoms with Crippen molar-refractivity contribution in [2.75, 3.05) is 0 Å². The molecule has 0 spiro atoms. The Bertz CT molecular complexity index is 670. The minimum absolute atomic E-state index is 0.344. The van der Waals surface area contributed by atoms with Crippen LogP contribution in [0.4, 0.5) is 0 Å². The number of hydrogen-bond donors (Lipinski definition) is 1. The zero-order chi connectivity index (χ0) is 14.4. The van der Waals surface area contributed by atoms with Gasteiger partial charge in [0.15, 0.2) is 5.82 Å². The lowest BCUT2D eigenvalue weighted by Crippen LogP contribution is -2.47. The van der Waals surface area contributed by atoms with Gasteiger partial charge in [-0.2, -0.15) is 0 Å². The average molecular weight is 281 g/mol. The Morgan fingerprint density at radius 3 is 2.76 bits per heavy atom. The first kappa shape index (κ1) is 12.8. The third-order valence-corrected chi connectivity index (χ3v) is 4.63. The summed E-state index contributed by atoms with van der Waals surface area (Å²) < 4.78 is 0. The Morgan fingerprint density at radius 1 is 1.14 bits per heavy atom. The summed E-state index contributed by atoms with van der Waals surface area (Å²) in [6.45, 7) is 4.26. The molecule has 2 aliphatic heterocycles. The fraction of sp³-hybridized carbons (Fsp3) is 0.500. The number of aryl methyl sites for hydroxylation is 1. The first-order valence-electron chi connectivity index (χ1n) is 7.63. The van der Waals surface area contributed by atoms with Crippen molar-refractivity contribution in [2.45, 2.75) is 45.2 Å². The summed E-state index contributed by atoms with van der Waals surface area (Å²) in [5, 5.41) is 3.73. The standard InChI is InChI=1S/C16H19N5/c1-9-4-5-11-8-12-14(13(9)21-11)19-10(2)20-15(12)16-17-6-3-7-18-16/h3,6-7,9,11,13,21H,4-5,8H2,1-2H3/t9-,11?,13?/m1/s1. The second-order valence-corrected chi connectivity index (χ2v) is 6.16. The Kier molecular flexibility index (Phi) is 2.96. The van der Waals surface area contributed by atoms with E-state index in [4.69, 9.17) is 4.98 Å². The highest BCUT2D eigenvalue weighted by atomic mass is 15.0. The van der Waals surface area contributed by atoms with Gasteiger partial charge in [-0.15, -0.1) is 0 Å². The van der Waals surface area contributed by atoms with Crippen molar-refractivity contribution in [3.05, 3.63) is 35.5 Å². The van der Waals surface area contributed by atoms with E-state index < -0.39 is 0 Å². The van der Waals surface area contributed by atoms with Crippen molar-refractivity contribution < 1.29 is 0 Å². The van der Waals surface area contributed by atoms with Crippen LogP contribution in [0.25, 0.3) is 11.5 Å². The average Bonchev–Trinajstić information content (AvgIpc) is 2.52. The molecular weight excluding hydrogens is 262 g/mol. The van der Waals surface area contributed by atoms with E-state index in [1.807, 2.05) is 13.0 Å². The first-order chi connectivity index (χ1) is 10.2. The van der Waals surface area contributed by atoms with Gasteiger partial charge in [-0.05, 0) is 38.2 Å². The second kappa shape index (κ2) is 4.84. The highest BCUT2D eigenvalue weighted by molar-refractivity contribution is 5.57. The predicted octanol–water partition coefficient (Wildman–Crippen LogP) is 2.23. The van der Waals surface area contributed by atoms with Crippen molar-refractivity contribution in [1.29, 1.82) is 0 Å². The summed E-state index contributed by atoms with van der Waals surface area (Å²) >= 11 is 0. The molecule has 1 fully saturated rings. The summed E-state index contributed by atoms with van der Waals surface area (Å²) in [6, 6.07) is 2.71. The van der Waals surface area contributed by atoms with Crippen molar-refractivity contribution >= 4 is 0 Å². The summed E-state index contributed by atoms with van der Waals surface area (Å²) in [7, 11) is 0. The van der Waals surface area contributed by atoms with E-state index in [1.165, 1.54) is 18.4 Å². The van der Waals surface area contributed by atoms with Gasteiger partial charge in [0, 0.05) is 24.0 Å². The van der Waals surface area contributed by atoms with Crippen molar-refractivity contribution in [2.24, 2.45) is 5.92 Å². The molecule has 0 amide bonds. The lowest BCUT2D eigenvalue weighted by molar-refractivity contribution is 0.224. The van der Waals surface area contributed by atoms with E-state index in [-0.39, 0.29) is 0 Å². The van der Waals surface area contributed by atoms with Crippen LogP contribution in [-0.4, -0.2) is 26.0 Å². The normalized spacial score (nSPS) is 27.2. The van der Waals surface area contributed by atoms with E-state index in [0.29, 0.717) is 23.8 Å². The van der Waals surface area contributed by atoms with Crippen molar-refractivity contribution in [3.8, 4) is 11.5 Å². The van der Waals surface area contributed by atoms with Gasteiger partial charge in [0.05, 0.1) is 11.7 Å². The van der Waals surface area contributed by atoms with Gasteiger partial charge in [-0.25, -0.2) is 19.9 Å². The quantitative estimate of drug-likeness (QED) is 0.868. The number of rotatable bonds is 1. The SMILES string of the molecule is Cc1nc(-c2ncccn2)c2c(n1)C1NC(CC[C@H]1C)C2. The lowest BCUT2D eigenvalue weighted by atomic mass is 9.78. The van der Waals surface area contributed by atoms with E-state index in [0.717, 1.165) is 23.6 Å². The minimum Gasteiger partial charge on any atom is -0.305 e. The van der Waals surface area contributed by atoms with Crippen LogP contribution in [0.3, 0.4) is 0 Å². The van der Waals surface area contributed by atoms with Crippen LogP contribution < -0.4 is 5.32 Å². The largest absolute Gasteiger partial charge is 0.305 e. The Balaban J connectivity index is 1.91. The van der Waals surface area contributed by atoms with Gasteiger partial charge >= 0.3 is 0 Å². The molecule has 0 aromatic carbocycles. The smallest absolute Gasteiger partial charge is 0.178 e. The van der Waals surface area contributed by atoms with E-state index in [9.17, 15) is 0 Å². The van der Waals surface area contributed by atoms with Crippen molar-refractivity contribution in [3.63, 3.8) is 0 Å². The molecule has 2 unspecified atom stereocenters. The van der Waals surface area contributed by atoms with Gasteiger partial charge in [0.1, 0.15) is 11.5 Å². The fourth-order valence-electron chi connectivity index (χ4n) is 3.57. The fourth-order valence-corrected chi connectivity index (χ4v) is 3.57. The molecule has 0 radical (unpaired) electrons. The van der Waals surface area contributed by atoms with Crippen LogP contribution in [-0.2, 0) is 6.42 Å². The molecule has 5 nitrogen and oxygen atoms in total. The topological polar surface area (TPSA) is 63.6 Å². The van der Waals surface area contributed by atoms with Gasteiger partial charge in [-0.3, -0.25) is 0 Å². The molecule has 2 aromatic heterocycles. The molecular formula is C16H19N5. The Labute approximate surface area is 124 Å². The first-order valence-corrected chi connectivity index (χ1v) is 7.63. The number of nitrogens with one attached hydrogen (secondary N) is 1. The van der Waals surface area contributed by atoms with Gasteiger partial charge in [0.25, 0.3) is 0 Å². The highest BCUT2D eigenvalue weighted by Gasteiger charge is 2.37. The predicted molar refractivity (Wildman–Crippen MR) is 79.6 cm³/mol. The van der Waals surface area contributed by atoms with Crippen LogP contribution >= 0.6 is 0 Å². The second-order valence-electron chi connectivity index (χ2n) is 6.16. The molecule has 1 N–H and O–H groups in total. The Hall–Kier alpha value is -1.88. The number of aromatic nitrogens is 4. The third kappa shape index (κ3) is 2.12. The van der Waals surface area contributed by atoms with Crippen LogP contribution in [0, 0.1) is 12.8 Å². The molecule has 0 aliphatic carbocycles.